The van der Waals surface area contributed by atoms with E-state index in [0.717, 1.165) is 0 Å². The summed E-state index contributed by atoms with van der Waals surface area (Å²) >= 11 is 0. The van der Waals surface area contributed by atoms with Crippen molar-refractivity contribution >= 4 is 18.0 Å². The van der Waals surface area contributed by atoms with Crippen LogP contribution in [0.4, 0.5) is 4.79 Å². The van der Waals surface area contributed by atoms with Gasteiger partial charge in [-0.2, -0.15) is 0 Å². The molecular weight excluding hydrogens is 288 g/mol. The van der Waals surface area contributed by atoms with Gasteiger partial charge in [-0.15, -0.1) is 0 Å². The fourth-order valence-corrected chi connectivity index (χ4v) is 1.42. The third-order valence-corrected chi connectivity index (χ3v) is 2.65. The number of urea groups is 1. The second kappa shape index (κ2) is 10.0. The van der Waals surface area contributed by atoms with Crippen molar-refractivity contribution < 1.29 is 23.9 Å². The van der Waals surface area contributed by atoms with Gasteiger partial charge in [-0.1, -0.05) is 13.8 Å². The number of esters is 2. The summed E-state index contributed by atoms with van der Waals surface area (Å²) in [6, 6.07) is -0.437. The summed E-state index contributed by atoms with van der Waals surface area (Å²) in [6.07, 6.45) is -0.367. The van der Waals surface area contributed by atoms with Crippen molar-refractivity contribution in [2.24, 2.45) is 11.8 Å². The smallest absolute Gasteiger partial charge is 0.314 e. The second-order valence-corrected chi connectivity index (χ2v) is 5.86. The van der Waals surface area contributed by atoms with E-state index in [9.17, 15) is 14.4 Å². The third-order valence-electron chi connectivity index (χ3n) is 2.65. The maximum absolute atomic E-state index is 11.6. The molecule has 0 saturated carbocycles. The van der Waals surface area contributed by atoms with Crippen molar-refractivity contribution in [1.82, 2.24) is 10.6 Å². The summed E-state index contributed by atoms with van der Waals surface area (Å²) in [5.41, 5.74) is 0. The molecule has 0 aliphatic carbocycles. The number of rotatable bonds is 8. The normalized spacial score (nSPS) is 13.5. The molecule has 0 aliphatic heterocycles. The van der Waals surface area contributed by atoms with E-state index in [1.54, 1.807) is 41.5 Å². The highest BCUT2D eigenvalue weighted by Gasteiger charge is 2.18. The largest absolute Gasteiger partial charge is 0.463 e. The van der Waals surface area contributed by atoms with Gasteiger partial charge >= 0.3 is 18.0 Å². The molecule has 2 N–H and O–H groups in total. The van der Waals surface area contributed by atoms with Crippen LogP contribution in [-0.2, 0) is 19.1 Å². The molecule has 7 heteroatoms. The molecule has 0 saturated heterocycles. The molecule has 0 spiro atoms. The molecule has 2 amide bonds. The Kier molecular flexibility index (Phi) is 9.21. The molecule has 0 aromatic carbocycles. The van der Waals surface area contributed by atoms with Crippen molar-refractivity contribution in [3.05, 3.63) is 0 Å². The maximum atomic E-state index is 11.6. The molecular formula is C15H28N2O5. The fraction of sp³-hybridized carbons (Fsp3) is 0.800. The van der Waals surface area contributed by atoms with Gasteiger partial charge in [-0.3, -0.25) is 9.59 Å². The van der Waals surface area contributed by atoms with Crippen molar-refractivity contribution in [2.75, 3.05) is 13.1 Å². The lowest BCUT2D eigenvalue weighted by atomic mass is 10.2. The molecule has 0 bridgehead atoms. The van der Waals surface area contributed by atoms with Crippen LogP contribution in [-0.4, -0.2) is 43.3 Å². The lowest BCUT2D eigenvalue weighted by molar-refractivity contribution is -0.152. The highest BCUT2D eigenvalue weighted by molar-refractivity contribution is 5.77. The van der Waals surface area contributed by atoms with Crippen LogP contribution in [0, 0.1) is 11.8 Å². The van der Waals surface area contributed by atoms with Gasteiger partial charge in [0.1, 0.15) is 0 Å². The highest BCUT2D eigenvalue weighted by Crippen LogP contribution is 2.01. The van der Waals surface area contributed by atoms with E-state index in [4.69, 9.17) is 9.47 Å². The van der Waals surface area contributed by atoms with Gasteiger partial charge in [0.05, 0.1) is 24.0 Å². The van der Waals surface area contributed by atoms with E-state index >= 15 is 0 Å². The zero-order chi connectivity index (χ0) is 17.3. The van der Waals surface area contributed by atoms with Crippen molar-refractivity contribution in [2.45, 2.75) is 53.8 Å². The quantitative estimate of drug-likeness (QED) is 0.661. The highest BCUT2D eigenvalue weighted by atomic mass is 16.5. The molecule has 7 nitrogen and oxygen atoms in total. The van der Waals surface area contributed by atoms with E-state index in [-0.39, 0.29) is 37.2 Å². The van der Waals surface area contributed by atoms with E-state index in [1.807, 2.05) is 0 Å². The van der Waals surface area contributed by atoms with Crippen LogP contribution in [0.15, 0.2) is 0 Å². The standard InChI is InChI=1S/C15H28N2O5/c1-9(2)21-13(18)11(5)7-16-15(20)17-8-12(6)14(19)22-10(3)4/h9-12H,7-8H2,1-6H3,(H2,16,17,20). The minimum atomic E-state index is -0.437. The Balaban J connectivity index is 4.00. The van der Waals surface area contributed by atoms with Crippen LogP contribution in [0.1, 0.15) is 41.5 Å². The Morgan fingerprint density at radius 2 is 1.05 bits per heavy atom. The zero-order valence-electron chi connectivity index (χ0n) is 14.3. The fourth-order valence-electron chi connectivity index (χ4n) is 1.42. The van der Waals surface area contributed by atoms with Gasteiger partial charge in [0.25, 0.3) is 0 Å². The summed E-state index contributed by atoms with van der Waals surface area (Å²) in [6.45, 7) is 10.8. The van der Waals surface area contributed by atoms with E-state index in [0.29, 0.717) is 0 Å². The van der Waals surface area contributed by atoms with Crippen molar-refractivity contribution in [3.8, 4) is 0 Å². The number of amides is 2. The van der Waals surface area contributed by atoms with Crippen LogP contribution >= 0.6 is 0 Å². The second-order valence-electron chi connectivity index (χ2n) is 5.86. The number of hydrogen-bond donors (Lipinski definition) is 2. The summed E-state index contributed by atoms with van der Waals surface area (Å²) in [5, 5.41) is 5.14. The first kappa shape index (κ1) is 20.2. The number of carbonyl (C=O) groups excluding carboxylic acids is 3. The van der Waals surface area contributed by atoms with Gasteiger partial charge in [-0.25, -0.2) is 4.79 Å². The molecule has 0 radical (unpaired) electrons. The average Bonchev–Trinajstić information content (AvgIpc) is 2.40. The first-order chi connectivity index (χ1) is 10.1. The van der Waals surface area contributed by atoms with Gasteiger partial charge in [0.15, 0.2) is 0 Å². The Morgan fingerprint density at radius 3 is 1.32 bits per heavy atom. The SMILES string of the molecule is CC(C)OC(=O)C(C)CNC(=O)NCC(C)C(=O)OC(C)C. The third kappa shape index (κ3) is 9.20. The molecule has 0 heterocycles. The Bertz CT molecular complexity index is 348. The molecule has 0 aromatic heterocycles. The first-order valence-corrected chi connectivity index (χ1v) is 7.56. The average molecular weight is 316 g/mol. The topological polar surface area (TPSA) is 93.7 Å². The molecule has 2 atom stereocenters. The van der Waals surface area contributed by atoms with Crippen LogP contribution in [0.2, 0.25) is 0 Å². The van der Waals surface area contributed by atoms with Crippen molar-refractivity contribution in [1.29, 1.82) is 0 Å². The van der Waals surface area contributed by atoms with Gasteiger partial charge in [0, 0.05) is 13.1 Å². The monoisotopic (exact) mass is 316 g/mol. The summed E-state index contributed by atoms with van der Waals surface area (Å²) < 4.78 is 10.1. The summed E-state index contributed by atoms with van der Waals surface area (Å²) in [7, 11) is 0. The summed E-state index contributed by atoms with van der Waals surface area (Å²) in [4.78, 5) is 34.8. The van der Waals surface area contributed by atoms with E-state index in [1.165, 1.54) is 0 Å². The van der Waals surface area contributed by atoms with Crippen LogP contribution in [0.5, 0.6) is 0 Å². The predicted molar refractivity (Wildman–Crippen MR) is 82.2 cm³/mol. The van der Waals surface area contributed by atoms with Gasteiger partial charge in [0.2, 0.25) is 0 Å². The van der Waals surface area contributed by atoms with Gasteiger partial charge in [-0.05, 0) is 27.7 Å². The van der Waals surface area contributed by atoms with Crippen LogP contribution in [0.25, 0.3) is 0 Å². The lowest BCUT2D eigenvalue weighted by Gasteiger charge is -2.16. The maximum Gasteiger partial charge on any atom is 0.314 e. The van der Waals surface area contributed by atoms with Crippen molar-refractivity contribution in [3.63, 3.8) is 0 Å². The Hall–Kier alpha value is -1.79. The summed E-state index contributed by atoms with van der Waals surface area (Å²) in [5.74, 6) is -1.58. The zero-order valence-corrected chi connectivity index (χ0v) is 14.3. The number of carbonyl (C=O) groups is 3. The predicted octanol–water partition coefficient (Wildman–Crippen LogP) is 1.46. The van der Waals surface area contributed by atoms with E-state index in [2.05, 4.69) is 10.6 Å². The molecule has 0 rings (SSSR count). The Labute approximate surface area is 132 Å². The number of hydrogen-bond acceptors (Lipinski definition) is 5. The molecule has 2 unspecified atom stereocenters. The number of nitrogens with one attached hydrogen (secondary N) is 2. The van der Waals surface area contributed by atoms with Gasteiger partial charge < -0.3 is 20.1 Å². The minimum Gasteiger partial charge on any atom is -0.463 e. The van der Waals surface area contributed by atoms with Crippen LogP contribution in [0.3, 0.4) is 0 Å². The lowest BCUT2D eigenvalue weighted by Crippen LogP contribution is -2.42. The molecule has 0 aromatic rings. The minimum absolute atomic E-state index is 0.169. The first-order valence-electron chi connectivity index (χ1n) is 7.56. The number of ether oxygens (including phenoxy) is 2. The molecule has 0 aliphatic rings. The van der Waals surface area contributed by atoms with Crippen LogP contribution < -0.4 is 10.6 Å². The molecule has 0 fully saturated rings. The molecule has 22 heavy (non-hydrogen) atoms. The Morgan fingerprint density at radius 1 is 0.727 bits per heavy atom. The van der Waals surface area contributed by atoms with E-state index < -0.39 is 17.9 Å². The molecule has 128 valence electrons.